The largest absolute Gasteiger partial charge is 0.481 e. The molecule has 0 aliphatic heterocycles. The molecular weight excluding hydrogens is 303 g/mol. The third kappa shape index (κ3) is 4.45. The van der Waals surface area contributed by atoms with E-state index in [1.807, 2.05) is 0 Å². The lowest BCUT2D eigenvalue weighted by atomic mass is 10.3. The summed E-state index contributed by atoms with van der Waals surface area (Å²) < 4.78 is 28.0. The average Bonchev–Trinajstić information content (AvgIpc) is 2.28. The Morgan fingerprint density at radius 3 is 2.50 bits per heavy atom. The fourth-order valence-electron chi connectivity index (χ4n) is 1.09. The predicted octanol–water partition coefficient (Wildman–Crippen LogP) is 2.56. The Hall–Kier alpha value is -0.820. The molecule has 0 bridgehead atoms. The number of halogens is 2. The lowest BCUT2D eigenvalue weighted by Crippen LogP contribution is -2.08. The zero-order chi connectivity index (χ0) is 13.8. The van der Waals surface area contributed by atoms with Crippen LogP contribution >= 0.6 is 23.2 Å². The Morgan fingerprint density at radius 1 is 1.28 bits per heavy atom. The third-order valence-corrected chi connectivity index (χ3v) is 4.00. The summed E-state index contributed by atoms with van der Waals surface area (Å²) in [6.07, 6.45) is -0.0488. The molecule has 1 rings (SSSR count). The average molecular weight is 313 g/mol. The fourth-order valence-corrected chi connectivity index (χ4v) is 2.43. The molecule has 1 N–H and O–H groups in total. The molecule has 0 aliphatic carbocycles. The van der Waals surface area contributed by atoms with Crippen LogP contribution in [0, 0.1) is 0 Å². The maximum Gasteiger partial charge on any atom is 0.303 e. The van der Waals surface area contributed by atoms with Crippen molar-refractivity contribution in [2.45, 2.75) is 17.7 Å². The van der Waals surface area contributed by atoms with Crippen molar-refractivity contribution in [2.75, 3.05) is 6.61 Å². The Labute approximate surface area is 114 Å². The van der Waals surface area contributed by atoms with Crippen LogP contribution in [-0.4, -0.2) is 26.1 Å². The minimum atomic E-state index is -3.93. The zero-order valence-corrected chi connectivity index (χ0v) is 11.4. The topological polar surface area (TPSA) is 80.7 Å². The van der Waals surface area contributed by atoms with E-state index in [0.29, 0.717) is 0 Å². The molecule has 8 heteroatoms. The van der Waals surface area contributed by atoms with Gasteiger partial charge in [0.15, 0.2) is 0 Å². The molecule has 1 aromatic rings. The van der Waals surface area contributed by atoms with Gasteiger partial charge in [-0.3, -0.25) is 8.98 Å². The van der Waals surface area contributed by atoms with Crippen molar-refractivity contribution in [3.8, 4) is 0 Å². The first-order valence-corrected chi connectivity index (χ1v) is 7.05. The molecule has 18 heavy (non-hydrogen) atoms. The van der Waals surface area contributed by atoms with Crippen LogP contribution in [-0.2, 0) is 19.1 Å². The fraction of sp³-hybridized carbons (Fsp3) is 0.300. The van der Waals surface area contributed by atoms with Crippen LogP contribution in [0.3, 0.4) is 0 Å². The number of rotatable bonds is 6. The Kier molecular flexibility index (Phi) is 5.40. The Bertz CT molecular complexity index is 541. The van der Waals surface area contributed by atoms with Crippen molar-refractivity contribution in [2.24, 2.45) is 0 Å². The highest BCUT2D eigenvalue weighted by atomic mass is 35.5. The number of carboxylic acid groups (broad SMARTS) is 1. The minimum Gasteiger partial charge on any atom is -0.481 e. The number of carbonyl (C=O) groups is 1. The zero-order valence-electron chi connectivity index (χ0n) is 9.10. The van der Waals surface area contributed by atoms with Gasteiger partial charge in [-0.15, -0.1) is 0 Å². The van der Waals surface area contributed by atoms with E-state index in [0.717, 1.165) is 0 Å². The Morgan fingerprint density at radius 2 is 1.94 bits per heavy atom. The Balaban J connectivity index is 2.68. The summed E-state index contributed by atoms with van der Waals surface area (Å²) in [5, 5.41) is 8.73. The number of carboxylic acids is 1. The van der Waals surface area contributed by atoms with Crippen LogP contribution in [0.25, 0.3) is 0 Å². The van der Waals surface area contributed by atoms with E-state index in [1.54, 1.807) is 0 Å². The van der Waals surface area contributed by atoms with Gasteiger partial charge >= 0.3 is 5.97 Å². The molecule has 0 amide bonds. The van der Waals surface area contributed by atoms with Gasteiger partial charge in [-0.1, -0.05) is 23.2 Å². The summed E-state index contributed by atoms with van der Waals surface area (Å²) in [5.74, 6) is -1.01. The van der Waals surface area contributed by atoms with Gasteiger partial charge in [0, 0.05) is 6.42 Å². The standard InChI is InChI=1S/C10H10Cl2O5S/c11-8-4-3-7(6-9(8)12)18(15,16)17-5-1-2-10(13)14/h3-4,6H,1-2,5H2,(H,13,14). The van der Waals surface area contributed by atoms with Crippen molar-refractivity contribution >= 4 is 39.3 Å². The summed E-state index contributed by atoms with van der Waals surface area (Å²) >= 11 is 11.4. The van der Waals surface area contributed by atoms with Gasteiger partial charge in [-0.25, -0.2) is 0 Å². The first-order valence-electron chi connectivity index (χ1n) is 4.89. The van der Waals surface area contributed by atoms with E-state index < -0.39 is 16.1 Å². The molecule has 0 atom stereocenters. The summed E-state index contributed by atoms with van der Waals surface area (Å²) in [6.45, 7) is -0.200. The number of benzene rings is 1. The van der Waals surface area contributed by atoms with Gasteiger partial charge in [0.25, 0.3) is 10.1 Å². The van der Waals surface area contributed by atoms with Gasteiger partial charge in [-0.2, -0.15) is 8.42 Å². The number of hydrogen-bond acceptors (Lipinski definition) is 4. The molecule has 0 heterocycles. The third-order valence-electron chi connectivity index (χ3n) is 1.95. The van der Waals surface area contributed by atoms with E-state index >= 15 is 0 Å². The van der Waals surface area contributed by atoms with E-state index in [1.165, 1.54) is 18.2 Å². The molecule has 0 unspecified atom stereocenters. The molecule has 0 fully saturated rings. The molecule has 0 saturated heterocycles. The van der Waals surface area contributed by atoms with Crippen LogP contribution in [0.4, 0.5) is 0 Å². The first-order chi connectivity index (χ1) is 8.33. The molecule has 0 saturated carbocycles. The number of hydrogen-bond donors (Lipinski definition) is 1. The SMILES string of the molecule is O=C(O)CCCOS(=O)(=O)c1ccc(Cl)c(Cl)c1. The van der Waals surface area contributed by atoms with Gasteiger partial charge in [0.1, 0.15) is 0 Å². The maximum absolute atomic E-state index is 11.7. The van der Waals surface area contributed by atoms with Crippen molar-refractivity contribution in [3.05, 3.63) is 28.2 Å². The molecule has 0 spiro atoms. The molecule has 1 aromatic carbocycles. The molecule has 0 aromatic heterocycles. The quantitative estimate of drug-likeness (QED) is 0.645. The van der Waals surface area contributed by atoms with E-state index in [2.05, 4.69) is 4.18 Å². The molecule has 100 valence electrons. The lowest BCUT2D eigenvalue weighted by Gasteiger charge is -2.05. The maximum atomic E-state index is 11.7. The van der Waals surface area contributed by atoms with Crippen LogP contribution in [0.1, 0.15) is 12.8 Å². The second-order valence-electron chi connectivity index (χ2n) is 3.35. The van der Waals surface area contributed by atoms with Gasteiger partial charge < -0.3 is 5.11 Å². The molecule has 5 nitrogen and oxygen atoms in total. The van der Waals surface area contributed by atoms with Crippen molar-refractivity contribution < 1.29 is 22.5 Å². The highest BCUT2D eigenvalue weighted by Crippen LogP contribution is 2.25. The van der Waals surface area contributed by atoms with Gasteiger partial charge in [0.2, 0.25) is 0 Å². The van der Waals surface area contributed by atoms with E-state index in [-0.39, 0.29) is 34.4 Å². The summed E-state index contributed by atoms with van der Waals surface area (Å²) in [7, 11) is -3.93. The first kappa shape index (κ1) is 15.2. The van der Waals surface area contributed by atoms with Crippen molar-refractivity contribution in [1.29, 1.82) is 0 Å². The molecular formula is C10H10Cl2O5S. The van der Waals surface area contributed by atoms with Gasteiger partial charge in [-0.05, 0) is 24.6 Å². The summed E-state index contributed by atoms with van der Waals surface area (Å²) in [6, 6.07) is 3.79. The van der Waals surface area contributed by atoms with E-state index in [9.17, 15) is 13.2 Å². The van der Waals surface area contributed by atoms with Crippen LogP contribution in [0.5, 0.6) is 0 Å². The summed E-state index contributed by atoms with van der Waals surface area (Å²) in [4.78, 5) is 10.1. The van der Waals surface area contributed by atoms with Crippen LogP contribution < -0.4 is 0 Å². The highest BCUT2D eigenvalue weighted by Gasteiger charge is 2.16. The molecule has 0 radical (unpaired) electrons. The smallest absolute Gasteiger partial charge is 0.303 e. The van der Waals surface area contributed by atoms with Crippen molar-refractivity contribution in [1.82, 2.24) is 0 Å². The van der Waals surface area contributed by atoms with Crippen molar-refractivity contribution in [3.63, 3.8) is 0 Å². The van der Waals surface area contributed by atoms with E-state index in [4.69, 9.17) is 28.3 Å². The monoisotopic (exact) mass is 312 g/mol. The minimum absolute atomic E-state index is 0.104. The second kappa shape index (κ2) is 6.38. The van der Waals surface area contributed by atoms with Gasteiger partial charge in [0.05, 0.1) is 21.5 Å². The van der Waals surface area contributed by atoms with Crippen LogP contribution in [0.15, 0.2) is 23.1 Å². The number of aliphatic carboxylic acids is 1. The highest BCUT2D eigenvalue weighted by molar-refractivity contribution is 7.86. The predicted molar refractivity (Wildman–Crippen MR) is 66.5 cm³/mol. The molecule has 0 aliphatic rings. The second-order valence-corrected chi connectivity index (χ2v) is 5.78. The van der Waals surface area contributed by atoms with Crippen LogP contribution in [0.2, 0.25) is 10.0 Å². The summed E-state index contributed by atoms with van der Waals surface area (Å²) in [5.41, 5.74) is 0. The normalized spacial score (nSPS) is 11.4. The lowest BCUT2D eigenvalue weighted by molar-refractivity contribution is -0.137.